The van der Waals surface area contributed by atoms with E-state index in [4.69, 9.17) is 0 Å². The van der Waals surface area contributed by atoms with E-state index < -0.39 is 47.4 Å². The summed E-state index contributed by atoms with van der Waals surface area (Å²) in [4.78, 5) is 36.0. The van der Waals surface area contributed by atoms with Crippen molar-refractivity contribution in [3.63, 3.8) is 0 Å². The average molecular weight is 408 g/mol. The van der Waals surface area contributed by atoms with Crippen LogP contribution in [0.3, 0.4) is 0 Å². The monoisotopic (exact) mass is 408 g/mol. The number of likely N-dealkylation sites (N-methyl/N-ethyl adjacent to an activating group) is 1. The van der Waals surface area contributed by atoms with Crippen molar-refractivity contribution < 1.29 is 40.7 Å². The summed E-state index contributed by atoms with van der Waals surface area (Å²) < 4.78 is 75.7. The third kappa shape index (κ3) is 3.12. The Labute approximate surface area is 152 Å². The molecule has 0 fully saturated rings. The molecule has 0 bridgehead atoms. The number of hydrogen-bond donors (Lipinski definition) is 3. The topological polar surface area (TPSA) is 90.5 Å². The summed E-state index contributed by atoms with van der Waals surface area (Å²) in [6.07, 6.45) is -7.94. The highest BCUT2D eigenvalue weighted by Crippen LogP contribution is 2.51. The predicted molar refractivity (Wildman–Crippen MR) is 84.7 cm³/mol. The number of nitrogens with zero attached hydrogens (tertiary/aromatic N) is 1. The number of alkyl halides is 6. The van der Waals surface area contributed by atoms with Crippen LogP contribution in [0.1, 0.15) is 11.5 Å². The molecule has 0 spiro atoms. The molecule has 2 aliphatic heterocycles. The molecule has 1 atom stereocenters. The number of carbonyl (C=O) groups is 3. The minimum atomic E-state index is -5.28. The van der Waals surface area contributed by atoms with E-state index in [2.05, 4.69) is 5.32 Å². The lowest BCUT2D eigenvalue weighted by molar-refractivity contribution is -0.167. The Morgan fingerprint density at radius 2 is 1.57 bits per heavy atom. The van der Waals surface area contributed by atoms with Crippen LogP contribution in [-0.4, -0.2) is 37.1 Å². The minimum Gasteiger partial charge on any atom is -0.360 e. The van der Waals surface area contributed by atoms with Gasteiger partial charge in [-0.3, -0.25) is 14.4 Å². The zero-order valence-corrected chi connectivity index (χ0v) is 13.7. The highest BCUT2D eigenvalue weighted by molar-refractivity contribution is 6.16. The van der Waals surface area contributed by atoms with E-state index in [1.54, 1.807) is 5.32 Å². The SMILES string of the molecule is CN1C(=O)C2C=CNc3c(NC(=O)C(F)(F)F)cc(NC(=O)C(F)(F)F)c1c32. The van der Waals surface area contributed by atoms with E-state index in [0.717, 1.165) is 11.0 Å². The molecule has 0 saturated carbocycles. The van der Waals surface area contributed by atoms with Crippen LogP contribution in [0.2, 0.25) is 0 Å². The van der Waals surface area contributed by atoms with Gasteiger partial charge in [0, 0.05) is 12.6 Å². The summed E-state index contributed by atoms with van der Waals surface area (Å²) >= 11 is 0. The van der Waals surface area contributed by atoms with E-state index >= 15 is 0 Å². The molecule has 0 aromatic heterocycles. The van der Waals surface area contributed by atoms with Crippen LogP contribution >= 0.6 is 0 Å². The molecule has 28 heavy (non-hydrogen) atoms. The number of nitrogens with one attached hydrogen (secondary N) is 3. The lowest BCUT2D eigenvalue weighted by Crippen LogP contribution is -2.32. The fourth-order valence-corrected chi connectivity index (χ4v) is 2.94. The van der Waals surface area contributed by atoms with Crippen LogP contribution in [0.25, 0.3) is 0 Å². The minimum absolute atomic E-state index is 0.0347. The van der Waals surface area contributed by atoms with Gasteiger partial charge in [-0.15, -0.1) is 0 Å². The molecular weight excluding hydrogens is 398 g/mol. The van der Waals surface area contributed by atoms with Gasteiger partial charge in [0.15, 0.2) is 0 Å². The average Bonchev–Trinajstić information content (AvgIpc) is 2.83. The largest absolute Gasteiger partial charge is 0.471 e. The van der Waals surface area contributed by atoms with Crippen LogP contribution in [0.15, 0.2) is 18.3 Å². The highest BCUT2D eigenvalue weighted by atomic mass is 19.4. The Kier molecular flexibility index (Phi) is 4.28. The number of hydrogen-bond acceptors (Lipinski definition) is 4. The van der Waals surface area contributed by atoms with Gasteiger partial charge in [0.1, 0.15) is 0 Å². The lowest BCUT2D eigenvalue weighted by Gasteiger charge is -2.23. The van der Waals surface area contributed by atoms with Crippen molar-refractivity contribution in [1.29, 1.82) is 0 Å². The Balaban J connectivity index is 2.16. The van der Waals surface area contributed by atoms with Gasteiger partial charge in [-0.1, -0.05) is 6.08 Å². The molecule has 2 aliphatic rings. The Morgan fingerprint density at radius 1 is 1.04 bits per heavy atom. The molecule has 3 amide bonds. The molecule has 150 valence electrons. The molecule has 0 radical (unpaired) electrons. The van der Waals surface area contributed by atoms with Gasteiger partial charge in [0.05, 0.1) is 28.7 Å². The first-order valence-corrected chi connectivity index (χ1v) is 7.50. The zero-order chi connectivity index (χ0) is 21.0. The molecule has 1 aromatic carbocycles. The summed E-state index contributed by atoms with van der Waals surface area (Å²) in [6.45, 7) is 0. The first kappa shape index (κ1) is 19.5. The maximum atomic E-state index is 12.6. The number of halogens is 6. The molecule has 3 N–H and O–H groups in total. The standard InChI is InChI=1S/C15H10F6N4O3/c1-25-10-7(24-13(28)15(19,20)21)4-6(23-12(27)14(16,17)18)9-8(10)5(11(25)26)2-3-22-9/h2-5,22H,1H3,(H,23,27)(H,24,28). The van der Waals surface area contributed by atoms with Crippen molar-refractivity contribution in [2.45, 2.75) is 18.3 Å². The number of carbonyl (C=O) groups excluding carboxylic acids is 3. The molecule has 2 heterocycles. The molecule has 0 aliphatic carbocycles. The van der Waals surface area contributed by atoms with Crippen LogP contribution in [0.4, 0.5) is 49.1 Å². The normalized spacial score (nSPS) is 17.9. The zero-order valence-electron chi connectivity index (χ0n) is 13.7. The van der Waals surface area contributed by atoms with Gasteiger partial charge in [-0.2, -0.15) is 26.3 Å². The molecule has 13 heteroatoms. The number of anilines is 4. The maximum Gasteiger partial charge on any atom is 0.471 e. The molecule has 0 saturated heterocycles. The summed E-state index contributed by atoms with van der Waals surface area (Å²) in [5, 5.41) is 5.66. The van der Waals surface area contributed by atoms with E-state index in [1.165, 1.54) is 24.6 Å². The van der Waals surface area contributed by atoms with Gasteiger partial charge >= 0.3 is 24.2 Å². The van der Waals surface area contributed by atoms with E-state index in [1.807, 2.05) is 0 Å². The van der Waals surface area contributed by atoms with Crippen LogP contribution in [0.5, 0.6) is 0 Å². The maximum absolute atomic E-state index is 12.6. The van der Waals surface area contributed by atoms with Crippen LogP contribution in [-0.2, 0) is 14.4 Å². The number of amides is 3. The molecule has 7 nitrogen and oxygen atoms in total. The first-order chi connectivity index (χ1) is 12.8. The quantitative estimate of drug-likeness (QED) is 0.657. The summed E-state index contributed by atoms with van der Waals surface area (Å²) in [5.41, 5.74) is -1.30. The molecule has 1 aromatic rings. The second kappa shape index (κ2) is 6.14. The first-order valence-electron chi connectivity index (χ1n) is 7.50. The number of benzene rings is 1. The van der Waals surface area contributed by atoms with E-state index in [-0.39, 0.29) is 16.9 Å². The second-order valence-electron chi connectivity index (χ2n) is 5.89. The lowest BCUT2D eigenvalue weighted by atomic mass is 9.94. The van der Waals surface area contributed by atoms with Crippen molar-refractivity contribution in [1.82, 2.24) is 0 Å². The number of rotatable bonds is 2. The van der Waals surface area contributed by atoms with Gasteiger partial charge in [-0.25, -0.2) is 0 Å². The third-order valence-electron chi connectivity index (χ3n) is 4.11. The fourth-order valence-electron chi connectivity index (χ4n) is 2.94. The summed E-state index contributed by atoms with van der Waals surface area (Å²) in [5.74, 6) is -6.33. The van der Waals surface area contributed by atoms with E-state index in [9.17, 15) is 40.7 Å². The van der Waals surface area contributed by atoms with Crippen molar-refractivity contribution in [2.75, 3.05) is 27.9 Å². The Morgan fingerprint density at radius 3 is 2.11 bits per heavy atom. The van der Waals surface area contributed by atoms with Gasteiger partial charge < -0.3 is 20.9 Å². The highest BCUT2D eigenvalue weighted by Gasteiger charge is 2.45. The van der Waals surface area contributed by atoms with Crippen molar-refractivity contribution >= 4 is 40.5 Å². The van der Waals surface area contributed by atoms with E-state index in [0.29, 0.717) is 0 Å². The predicted octanol–water partition coefficient (Wildman–Crippen LogP) is 2.69. The Hall–Kier alpha value is -3.25. The smallest absolute Gasteiger partial charge is 0.360 e. The third-order valence-corrected chi connectivity index (χ3v) is 4.11. The van der Waals surface area contributed by atoms with Crippen LogP contribution < -0.4 is 20.9 Å². The second-order valence-corrected chi connectivity index (χ2v) is 5.89. The van der Waals surface area contributed by atoms with Gasteiger partial charge in [0.25, 0.3) is 0 Å². The summed E-state index contributed by atoms with van der Waals surface area (Å²) in [7, 11) is 1.24. The molecule has 3 rings (SSSR count). The summed E-state index contributed by atoms with van der Waals surface area (Å²) in [6, 6.07) is 0.722. The molecular formula is C15H10F6N4O3. The molecule has 1 unspecified atom stereocenters. The van der Waals surface area contributed by atoms with Crippen molar-refractivity contribution in [3.05, 3.63) is 23.9 Å². The van der Waals surface area contributed by atoms with Crippen molar-refractivity contribution in [2.24, 2.45) is 0 Å². The Bertz CT molecular complexity index is 922. The van der Waals surface area contributed by atoms with Gasteiger partial charge in [0.2, 0.25) is 5.91 Å². The van der Waals surface area contributed by atoms with Crippen molar-refractivity contribution in [3.8, 4) is 0 Å². The van der Waals surface area contributed by atoms with Gasteiger partial charge in [-0.05, 0) is 12.3 Å². The fraction of sp³-hybridized carbons (Fsp3) is 0.267. The van der Waals surface area contributed by atoms with Crippen LogP contribution in [0, 0.1) is 0 Å².